The van der Waals surface area contributed by atoms with Gasteiger partial charge in [0, 0.05) is 12.7 Å². The largest absolute Gasteiger partial charge is 0.480 e. The molecule has 0 heterocycles. The number of benzene rings is 2. The van der Waals surface area contributed by atoms with Crippen molar-refractivity contribution < 1.29 is 14.3 Å². The number of rotatable bonds is 6. The van der Waals surface area contributed by atoms with Gasteiger partial charge in [0.2, 0.25) is 5.91 Å². The number of ether oxygens (including phenoxy) is 1. The fourth-order valence-electron chi connectivity index (χ4n) is 2.70. The summed E-state index contributed by atoms with van der Waals surface area (Å²) in [6.07, 6.45) is -0.822. The van der Waals surface area contributed by atoms with Crippen LogP contribution >= 0.6 is 0 Å². The van der Waals surface area contributed by atoms with Crippen molar-refractivity contribution in [1.82, 2.24) is 4.90 Å². The van der Waals surface area contributed by atoms with E-state index in [1.54, 1.807) is 38.2 Å². The number of likely N-dealkylation sites (N-methyl/N-ethyl adjacent to an activating group) is 1. The average molecular weight is 365 g/mol. The van der Waals surface area contributed by atoms with E-state index in [0.717, 1.165) is 16.8 Å². The fraction of sp³-hybridized carbons (Fsp3) is 0.286. The number of hydrogen-bond acceptors (Lipinski definition) is 4. The van der Waals surface area contributed by atoms with Crippen LogP contribution in [0.15, 0.2) is 42.5 Å². The molecule has 6 heteroatoms. The molecule has 2 aromatic carbocycles. The predicted octanol–water partition coefficient (Wildman–Crippen LogP) is 3.04. The molecule has 1 atom stereocenters. The highest BCUT2D eigenvalue weighted by Crippen LogP contribution is 2.20. The van der Waals surface area contributed by atoms with Crippen molar-refractivity contribution in [2.45, 2.75) is 26.9 Å². The number of anilines is 1. The third-order valence-electron chi connectivity index (χ3n) is 4.16. The van der Waals surface area contributed by atoms with Crippen LogP contribution in [0.2, 0.25) is 0 Å². The van der Waals surface area contributed by atoms with E-state index in [2.05, 4.69) is 5.32 Å². The summed E-state index contributed by atoms with van der Waals surface area (Å²) in [6, 6.07) is 14.5. The summed E-state index contributed by atoms with van der Waals surface area (Å²) in [4.78, 5) is 26.1. The van der Waals surface area contributed by atoms with Gasteiger partial charge < -0.3 is 15.0 Å². The third-order valence-corrected chi connectivity index (χ3v) is 4.16. The molecule has 0 bridgehead atoms. The van der Waals surface area contributed by atoms with Gasteiger partial charge in [0.1, 0.15) is 11.8 Å². The van der Waals surface area contributed by atoms with Gasteiger partial charge in [-0.05, 0) is 44.0 Å². The molecule has 2 amide bonds. The van der Waals surface area contributed by atoms with Crippen LogP contribution < -0.4 is 10.1 Å². The molecule has 2 aromatic rings. The van der Waals surface area contributed by atoms with E-state index in [4.69, 9.17) is 10.00 Å². The summed E-state index contributed by atoms with van der Waals surface area (Å²) in [7, 11) is 1.54. The first-order chi connectivity index (χ1) is 12.8. The van der Waals surface area contributed by atoms with Crippen LogP contribution in [0.4, 0.5) is 5.69 Å². The molecule has 1 N–H and O–H groups in total. The van der Waals surface area contributed by atoms with E-state index in [0.29, 0.717) is 11.3 Å². The Labute approximate surface area is 159 Å². The molecule has 0 saturated carbocycles. The number of nitriles is 1. The number of carbonyl (C=O) groups is 2. The van der Waals surface area contributed by atoms with Crippen LogP contribution in [0.3, 0.4) is 0 Å². The molecule has 0 fully saturated rings. The van der Waals surface area contributed by atoms with Crippen LogP contribution in [-0.2, 0) is 9.59 Å². The van der Waals surface area contributed by atoms with Crippen LogP contribution in [0.1, 0.15) is 23.6 Å². The van der Waals surface area contributed by atoms with Gasteiger partial charge in [-0.3, -0.25) is 9.59 Å². The number of carbonyl (C=O) groups excluding carboxylic acids is 2. The molecule has 2 rings (SSSR count). The van der Waals surface area contributed by atoms with Gasteiger partial charge in [-0.25, -0.2) is 0 Å². The first-order valence-electron chi connectivity index (χ1n) is 8.60. The van der Waals surface area contributed by atoms with E-state index in [-0.39, 0.29) is 18.4 Å². The summed E-state index contributed by atoms with van der Waals surface area (Å²) >= 11 is 0. The van der Waals surface area contributed by atoms with E-state index >= 15 is 0 Å². The zero-order chi connectivity index (χ0) is 20.0. The highest BCUT2D eigenvalue weighted by molar-refractivity contribution is 5.96. The number of nitrogens with zero attached hydrogens (tertiary/aromatic N) is 2. The molecule has 27 heavy (non-hydrogen) atoms. The minimum Gasteiger partial charge on any atom is -0.480 e. The van der Waals surface area contributed by atoms with E-state index in [1.807, 2.05) is 38.1 Å². The Kier molecular flexibility index (Phi) is 6.56. The topological polar surface area (TPSA) is 82.4 Å². The van der Waals surface area contributed by atoms with Crippen molar-refractivity contribution in [3.05, 3.63) is 59.2 Å². The van der Waals surface area contributed by atoms with Gasteiger partial charge in [0.15, 0.2) is 6.10 Å². The molecule has 0 aliphatic carbocycles. The third kappa shape index (κ3) is 5.08. The van der Waals surface area contributed by atoms with Gasteiger partial charge in [-0.15, -0.1) is 0 Å². The molecule has 6 nitrogen and oxygen atoms in total. The maximum atomic E-state index is 12.5. The molecule has 0 spiro atoms. The van der Waals surface area contributed by atoms with Crippen molar-refractivity contribution in [3.63, 3.8) is 0 Å². The molecule has 0 aliphatic heterocycles. The molecule has 1 unspecified atom stereocenters. The van der Waals surface area contributed by atoms with Crippen molar-refractivity contribution in [2.75, 3.05) is 18.9 Å². The monoisotopic (exact) mass is 365 g/mol. The minimum absolute atomic E-state index is 0.0970. The van der Waals surface area contributed by atoms with Gasteiger partial charge in [0.05, 0.1) is 12.1 Å². The maximum Gasteiger partial charge on any atom is 0.263 e. The zero-order valence-electron chi connectivity index (χ0n) is 15.9. The summed E-state index contributed by atoms with van der Waals surface area (Å²) in [6.45, 7) is 5.33. The smallest absolute Gasteiger partial charge is 0.263 e. The zero-order valence-corrected chi connectivity index (χ0v) is 15.9. The number of hydrogen-bond donors (Lipinski definition) is 1. The number of nitrogens with one attached hydrogen (secondary N) is 1. The number of amides is 2. The number of para-hydroxylation sites is 2. The Balaban J connectivity index is 1.98. The Morgan fingerprint density at radius 2 is 1.78 bits per heavy atom. The van der Waals surface area contributed by atoms with Crippen LogP contribution in [0, 0.1) is 25.2 Å². The first-order valence-corrected chi connectivity index (χ1v) is 8.60. The molecule has 0 aliphatic rings. The average Bonchev–Trinajstić information content (AvgIpc) is 2.64. The lowest BCUT2D eigenvalue weighted by atomic mass is 10.1. The highest BCUT2D eigenvalue weighted by atomic mass is 16.5. The second-order valence-corrected chi connectivity index (χ2v) is 6.38. The molecule has 0 saturated heterocycles. The normalized spacial score (nSPS) is 11.2. The van der Waals surface area contributed by atoms with Gasteiger partial charge in [-0.2, -0.15) is 5.26 Å². The molecule has 0 aromatic heterocycles. The fourth-order valence-corrected chi connectivity index (χ4v) is 2.70. The predicted molar refractivity (Wildman–Crippen MR) is 103 cm³/mol. The summed E-state index contributed by atoms with van der Waals surface area (Å²) < 4.78 is 5.61. The van der Waals surface area contributed by atoms with E-state index < -0.39 is 6.10 Å². The molecule has 0 radical (unpaired) electrons. The summed E-state index contributed by atoms with van der Waals surface area (Å²) in [5.41, 5.74) is 3.03. The second kappa shape index (κ2) is 8.86. The first kappa shape index (κ1) is 20.0. The van der Waals surface area contributed by atoms with Crippen LogP contribution in [-0.4, -0.2) is 36.4 Å². The van der Waals surface area contributed by atoms with Gasteiger partial charge in [0.25, 0.3) is 5.91 Å². The lowest BCUT2D eigenvalue weighted by Gasteiger charge is -2.22. The van der Waals surface area contributed by atoms with Crippen molar-refractivity contribution >= 4 is 17.5 Å². The van der Waals surface area contributed by atoms with Gasteiger partial charge >= 0.3 is 0 Å². The van der Waals surface area contributed by atoms with Crippen LogP contribution in [0.25, 0.3) is 0 Å². The lowest BCUT2D eigenvalue weighted by Crippen LogP contribution is -2.42. The maximum absolute atomic E-state index is 12.5. The summed E-state index contributed by atoms with van der Waals surface area (Å²) in [5.74, 6) is -0.290. The van der Waals surface area contributed by atoms with Crippen molar-refractivity contribution in [1.29, 1.82) is 5.26 Å². The van der Waals surface area contributed by atoms with Crippen molar-refractivity contribution in [3.8, 4) is 11.8 Å². The lowest BCUT2D eigenvalue weighted by molar-refractivity contribution is -0.139. The summed E-state index contributed by atoms with van der Waals surface area (Å²) in [5, 5.41) is 12.0. The van der Waals surface area contributed by atoms with Gasteiger partial charge in [-0.1, -0.05) is 30.3 Å². The van der Waals surface area contributed by atoms with E-state index in [1.165, 1.54) is 4.90 Å². The molecule has 140 valence electrons. The minimum atomic E-state index is -0.822. The number of aryl methyl sites for hydroxylation is 2. The Morgan fingerprint density at radius 1 is 1.15 bits per heavy atom. The van der Waals surface area contributed by atoms with Crippen LogP contribution in [0.5, 0.6) is 5.75 Å². The molecular weight excluding hydrogens is 342 g/mol. The Morgan fingerprint density at radius 3 is 2.41 bits per heavy atom. The standard InChI is InChI=1S/C21H23N3O3/c1-14-8-7-9-15(2)20(14)23-19(25)13-24(4)21(26)16(3)27-18-11-6-5-10-17(18)12-22/h5-11,16H,13H2,1-4H3,(H,23,25). The second-order valence-electron chi connectivity index (χ2n) is 6.38. The quantitative estimate of drug-likeness (QED) is 0.853. The SMILES string of the molecule is Cc1cccc(C)c1NC(=O)CN(C)C(=O)C(C)Oc1ccccc1C#N. The Bertz CT molecular complexity index is 866. The van der Waals surface area contributed by atoms with E-state index in [9.17, 15) is 9.59 Å². The molecular formula is C21H23N3O3. The highest BCUT2D eigenvalue weighted by Gasteiger charge is 2.22. The van der Waals surface area contributed by atoms with Crippen molar-refractivity contribution in [2.24, 2.45) is 0 Å². The Hall–Kier alpha value is -3.33.